The second-order valence-electron chi connectivity index (χ2n) is 2.97. The number of carbonyl (C=O) groups is 1. The lowest BCUT2D eigenvalue weighted by Crippen LogP contribution is -2.40. The lowest BCUT2D eigenvalue weighted by Gasteiger charge is -2.11. The number of methoxy groups -OCH3 is 1. The number of rotatable bonds is 7. The summed E-state index contributed by atoms with van der Waals surface area (Å²) in [4.78, 5) is 11.1. The summed E-state index contributed by atoms with van der Waals surface area (Å²) in [5, 5.41) is 0. The first-order chi connectivity index (χ1) is 6.43. The second kappa shape index (κ2) is 6.10. The predicted octanol–water partition coefficient (Wildman–Crippen LogP) is -0.0802. The topological polar surface area (TPSA) is 72.5 Å². The van der Waals surface area contributed by atoms with Crippen LogP contribution in [0.1, 0.15) is 20.3 Å². The van der Waals surface area contributed by atoms with Crippen LogP contribution < -0.4 is 4.72 Å². The average molecular weight is 223 g/mol. The van der Waals surface area contributed by atoms with E-state index in [9.17, 15) is 13.2 Å². The van der Waals surface area contributed by atoms with Gasteiger partial charge in [0, 0.05) is 13.5 Å². The molecule has 0 aromatic rings. The number of nitrogens with one attached hydrogen (secondary N) is 1. The van der Waals surface area contributed by atoms with E-state index in [1.165, 1.54) is 14.0 Å². The number of hydrogen-bond acceptors (Lipinski definition) is 4. The van der Waals surface area contributed by atoms with Crippen LogP contribution in [0.15, 0.2) is 0 Å². The van der Waals surface area contributed by atoms with E-state index in [0.29, 0.717) is 6.42 Å². The average Bonchev–Trinajstić information content (AvgIpc) is 2.12. The molecule has 1 N–H and O–H groups in total. The van der Waals surface area contributed by atoms with E-state index >= 15 is 0 Å². The molecule has 0 spiro atoms. The van der Waals surface area contributed by atoms with Crippen molar-refractivity contribution in [2.24, 2.45) is 0 Å². The third-order valence-corrected chi connectivity index (χ3v) is 3.16. The Balaban J connectivity index is 4.15. The summed E-state index contributed by atoms with van der Waals surface area (Å²) in [6.07, 6.45) is 0.327. The Kier molecular flexibility index (Phi) is 5.90. The molecule has 0 heterocycles. The summed E-state index contributed by atoms with van der Waals surface area (Å²) in [6, 6.07) is -0.651. The van der Waals surface area contributed by atoms with Gasteiger partial charge in [-0.2, -0.15) is 0 Å². The molecule has 0 aromatic heterocycles. The molecule has 0 fully saturated rings. The molecular formula is C8H17NO4S. The fourth-order valence-corrected chi connectivity index (χ4v) is 2.07. The van der Waals surface area contributed by atoms with E-state index in [2.05, 4.69) is 9.46 Å². The highest BCUT2D eigenvalue weighted by Crippen LogP contribution is 1.94. The van der Waals surface area contributed by atoms with Crippen molar-refractivity contribution in [2.45, 2.75) is 26.3 Å². The third kappa shape index (κ3) is 5.31. The van der Waals surface area contributed by atoms with Gasteiger partial charge in [-0.25, -0.2) is 13.1 Å². The summed E-state index contributed by atoms with van der Waals surface area (Å²) in [7, 11) is -1.97. The standard InChI is InChI=1S/C8H17NO4S/c1-4-8(10)7(2)9-14(11,12)6-5-13-3/h7,9H,4-6H2,1-3H3. The molecule has 0 aliphatic heterocycles. The molecule has 0 aliphatic carbocycles. The number of Topliss-reactive ketones (excluding diaryl/α,β-unsaturated/α-hetero) is 1. The highest BCUT2D eigenvalue weighted by molar-refractivity contribution is 7.89. The second-order valence-corrected chi connectivity index (χ2v) is 4.84. The molecule has 1 atom stereocenters. The Labute approximate surface area is 84.9 Å². The summed E-state index contributed by atoms with van der Waals surface area (Å²) in [5.41, 5.74) is 0. The largest absolute Gasteiger partial charge is 0.384 e. The van der Waals surface area contributed by atoms with E-state index < -0.39 is 16.1 Å². The van der Waals surface area contributed by atoms with Crippen LogP contribution in [0.5, 0.6) is 0 Å². The van der Waals surface area contributed by atoms with Gasteiger partial charge in [0.25, 0.3) is 0 Å². The van der Waals surface area contributed by atoms with Crippen molar-refractivity contribution in [1.29, 1.82) is 0 Å². The third-order valence-electron chi connectivity index (χ3n) is 1.74. The van der Waals surface area contributed by atoms with Gasteiger partial charge in [0.15, 0.2) is 0 Å². The number of ether oxygens (including phenoxy) is 1. The van der Waals surface area contributed by atoms with Crippen LogP contribution in [0.4, 0.5) is 0 Å². The van der Waals surface area contributed by atoms with E-state index in [-0.39, 0.29) is 18.1 Å². The zero-order chi connectivity index (χ0) is 11.2. The van der Waals surface area contributed by atoms with Crippen molar-refractivity contribution in [3.05, 3.63) is 0 Å². The van der Waals surface area contributed by atoms with Crippen molar-refractivity contribution < 1.29 is 17.9 Å². The van der Waals surface area contributed by atoms with Crippen molar-refractivity contribution in [1.82, 2.24) is 4.72 Å². The maximum Gasteiger partial charge on any atom is 0.214 e. The predicted molar refractivity (Wildman–Crippen MR) is 53.6 cm³/mol. The summed E-state index contributed by atoms with van der Waals surface area (Å²) < 4.78 is 29.5. The van der Waals surface area contributed by atoms with Crippen molar-refractivity contribution >= 4 is 15.8 Å². The zero-order valence-corrected chi connectivity index (χ0v) is 9.56. The highest BCUT2D eigenvalue weighted by Gasteiger charge is 2.18. The monoisotopic (exact) mass is 223 g/mol. The van der Waals surface area contributed by atoms with Crippen molar-refractivity contribution in [3.63, 3.8) is 0 Å². The smallest absolute Gasteiger partial charge is 0.214 e. The van der Waals surface area contributed by atoms with Gasteiger partial charge in [0.05, 0.1) is 18.4 Å². The molecule has 0 amide bonds. The van der Waals surface area contributed by atoms with Gasteiger partial charge in [-0.3, -0.25) is 4.79 Å². The number of ketones is 1. The Morgan fingerprint density at radius 3 is 2.50 bits per heavy atom. The van der Waals surface area contributed by atoms with Gasteiger partial charge < -0.3 is 4.74 Å². The molecule has 0 aromatic carbocycles. The minimum Gasteiger partial charge on any atom is -0.384 e. The van der Waals surface area contributed by atoms with Gasteiger partial charge in [0.1, 0.15) is 5.78 Å². The van der Waals surface area contributed by atoms with E-state index in [1.807, 2.05) is 0 Å². The number of hydrogen-bond donors (Lipinski definition) is 1. The van der Waals surface area contributed by atoms with Gasteiger partial charge in [0.2, 0.25) is 10.0 Å². The fraction of sp³-hybridized carbons (Fsp3) is 0.875. The van der Waals surface area contributed by atoms with Crippen LogP contribution in [0.25, 0.3) is 0 Å². The lowest BCUT2D eigenvalue weighted by molar-refractivity contribution is -0.119. The SMILES string of the molecule is CCC(=O)C(C)NS(=O)(=O)CCOC. The highest BCUT2D eigenvalue weighted by atomic mass is 32.2. The Morgan fingerprint density at radius 2 is 2.07 bits per heavy atom. The summed E-state index contributed by atoms with van der Waals surface area (Å²) in [5.74, 6) is -0.240. The Morgan fingerprint density at radius 1 is 1.50 bits per heavy atom. The van der Waals surface area contributed by atoms with Gasteiger partial charge in [-0.05, 0) is 6.92 Å². The van der Waals surface area contributed by atoms with Crippen LogP contribution in [0.3, 0.4) is 0 Å². The van der Waals surface area contributed by atoms with Crippen LogP contribution in [-0.4, -0.2) is 39.7 Å². The first kappa shape index (κ1) is 13.5. The van der Waals surface area contributed by atoms with E-state index in [4.69, 9.17) is 0 Å². The van der Waals surface area contributed by atoms with E-state index in [1.54, 1.807) is 6.92 Å². The van der Waals surface area contributed by atoms with Crippen molar-refractivity contribution in [3.8, 4) is 0 Å². The molecule has 0 aliphatic rings. The fourth-order valence-electron chi connectivity index (χ4n) is 0.893. The van der Waals surface area contributed by atoms with E-state index in [0.717, 1.165) is 0 Å². The lowest BCUT2D eigenvalue weighted by atomic mass is 10.2. The number of carbonyl (C=O) groups excluding carboxylic acids is 1. The van der Waals surface area contributed by atoms with Gasteiger partial charge in [-0.15, -0.1) is 0 Å². The maximum atomic E-state index is 11.3. The molecule has 0 saturated carbocycles. The molecule has 1 unspecified atom stereocenters. The Hall–Kier alpha value is -0.460. The molecular weight excluding hydrogens is 206 g/mol. The quantitative estimate of drug-likeness (QED) is 0.655. The normalized spacial score (nSPS) is 13.9. The zero-order valence-electron chi connectivity index (χ0n) is 8.74. The molecule has 84 valence electrons. The van der Waals surface area contributed by atoms with Crippen LogP contribution in [0.2, 0.25) is 0 Å². The van der Waals surface area contributed by atoms with Gasteiger partial charge in [-0.1, -0.05) is 6.92 Å². The Bertz CT molecular complexity index is 273. The molecule has 5 nitrogen and oxygen atoms in total. The molecule has 0 saturated heterocycles. The van der Waals surface area contributed by atoms with Crippen molar-refractivity contribution in [2.75, 3.05) is 19.5 Å². The first-order valence-corrected chi connectivity index (χ1v) is 6.09. The van der Waals surface area contributed by atoms with Gasteiger partial charge >= 0.3 is 0 Å². The number of sulfonamides is 1. The molecule has 0 radical (unpaired) electrons. The van der Waals surface area contributed by atoms with Crippen LogP contribution in [0, 0.1) is 0 Å². The molecule has 6 heteroatoms. The first-order valence-electron chi connectivity index (χ1n) is 4.44. The minimum atomic E-state index is -3.39. The maximum absolute atomic E-state index is 11.3. The summed E-state index contributed by atoms with van der Waals surface area (Å²) >= 11 is 0. The summed E-state index contributed by atoms with van der Waals surface area (Å²) in [6.45, 7) is 3.36. The molecule has 0 rings (SSSR count). The minimum absolute atomic E-state index is 0.119. The molecule has 0 bridgehead atoms. The van der Waals surface area contributed by atoms with Crippen LogP contribution in [-0.2, 0) is 19.6 Å². The molecule has 14 heavy (non-hydrogen) atoms. The van der Waals surface area contributed by atoms with Crippen LogP contribution >= 0.6 is 0 Å².